The van der Waals surface area contributed by atoms with E-state index in [9.17, 15) is 4.39 Å². The predicted molar refractivity (Wildman–Crippen MR) is 81.9 cm³/mol. The topological polar surface area (TPSA) is 12.0 Å². The highest BCUT2D eigenvalue weighted by molar-refractivity contribution is 5.23. The highest BCUT2D eigenvalue weighted by atomic mass is 19.1. The molecule has 0 fully saturated rings. The molecule has 0 unspecified atom stereocenters. The maximum absolute atomic E-state index is 13.0. The molecule has 0 aliphatic heterocycles. The van der Waals surface area contributed by atoms with Crippen molar-refractivity contribution in [2.45, 2.75) is 33.4 Å². The third-order valence-corrected chi connectivity index (χ3v) is 3.21. The van der Waals surface area contributed by atoms with Crippen LogP contribution in [0.5, 0.6) is 0 Å². The summed E-state index contributed by atoms with van der Waals surface area (Å²) in [5, 5.41) is 3.34. The summed E-state index contributed by atoms with van der Waals surface area (Å²) in [6, 6.07) is 15.4. The predicted octanol–water partition coefficient (Wildman–Crippen LogP) is 4.31. The molecule has 0 bridgehead atoms. The van der Waals surface area contributed by atoms with Crippen LogP contribution in [0.2, 0.25) is 0 Å². The van der Waals surface area contributed by atoms with Crippen LogP contribution in [-0.2, 0) is 19.5 Å². The Morgan fingerprint density at radius 1 is 0.900 bits per heavy atom. The fourth-order valence-corrected chi connectivity index (χ4v) is 2.26. The van der Waals surface area contributed by atoms with E-state index in [1.54, 1.807) is 12.1 Å². The second kappa shape index (κ2) is 7.20. The fraction of sp³-hybridized carbons (Fsp3) is 0.333. The van der Waals surface area contributed by atoms with Crippen LogP contribution in [0.4, 0.5) is 4.39 Å². The average Bonchev–Trinajstić information content (AvgIpc) is 2.40. The van der Waals surface area contributed by atoms with Gasteiger partial charge in [-0.1, -0.05) is 50.2 Å². The molecule has 106 valence electrons. The van der Waals surface area contributed by atoms with Crippen molar-refractivity contribution >= 4 is 0 Å². The molecule has 0 heterocycles. The van der Waals surface area contributed by atoms with Gasteiger partial charge in [0, 0.05) is 13.1 Å². The van der Waals surface area contributed by atoms with Gasteiger partial charge < -0.3 is 5.32 Å². The quantitative estimate of drug-likeness (QED) is 0.825. The third kappa shape index (κ3) is 4.78. The third-order valence-electron chi connectivity index (χ3n) is 3.21. The standard InChI is InChI=1S/C18H22FN/c1-14(2)10-15-6-8-16(9-7-15)12-20-13-17-4-3-5-18(19)11-17/h3-9,11,14,20H,10,12-13H2,1-2H3. The molecule has 1 nitrogen and oxygen atoms in total. The van der Waals surface area contributed by atoms with Crippen molar-refractivity contribution in [2.24, 2.45) is 5.92 Å². The number of rotatable bonds is 6. The van der Waals surface area contributed by atoms with Crippen LogP contribution in [-0.4, -0.2) is 0 Å². The van der Waals surface area contributed by atoms with Crippen molar-refractivity contribution in [3.63, 3.8) is 0 Å². The maximum Gasteiger partial charge on any atom is 0.123 e. The van der Waals surface area contributed by atoms with Crippen molar-refractivity contribution < 1.29 is 4.39 Å². The van der Waals surface area contributed by atoms with E-state index in [2.05, 4.69) is 43.4 Å². The summed E-state index contributed by atoms with van der Waals surface area (Å²) in [6.45, 7) is 5.95. The summed E-state index contributed by atoms with van der Waals surface area (Å²) in [4.78, 5) is 0. The van der Waals surface area contributed by atoms with Gasteiger partial charge in [0.05, 0.1) is 0 Å². The van der Waals surface area contributed by atoms with E-state index >= 15 is 0 Å². The van der Waals surface area contributed by atoms with Crippen molar-refractivity contribution in [3.8, 4) is 0 Å². The SMILES string of the molecule is CC(C)Cc1ccc(CNCc2cccc(F)c2)cc1. The van der Waals surface area contributed by atoms with Crippen LogP contribution in [0.15, 0.2) is 48.5 Å². The van der Waals surface area contributed by atoms with E-state index in [0.717, 1.165) is 18.5 Å². The molecular formula is C18H22FN. The van der Waals surface area contributed by atoms with E-state index in [0.29, 0.717) is 12.5 Å². The first kappa shape index (κ1) is 14.7. The molecule has 0 aromatic heterocycles. The van der Waals surface area contributed by atoms with Gasteiger partial charge in [0.25, 0.3) is 0 Å². The van der Waals surface area contributed by atoms with Gasteiger partial charge in [-0.05, 0) is 41.2 Å². The highest BCUT2D eigenvalue weighted by Gasteiger charge is 1.99. The minimum absolute atomic E-state index is 0.178. The zero-order valence-corrected chi connectivity index (χ0v) is 12.2. The summed E-state index contributed by atoms with van der Waals surface area (Å²) >= 11 is 0. The highest BCUT2D eigenvalue weighted by Crippen LogP contribution is 2.10. The van der Waals surface area contributed by atoms with E-state index in [1.807, 2.05) is 6.07 Å². The summed E-state index contributed by atoms with van der Waals surface area (Å²) in [6.07, 6.45) is 1.12. The second-order valence-corrected chi connectivity index (χ2v) is 5.65. The Kier molecular flexibility index (Phi) is 5.31. The Morgan fingerprint density at radius 3 is 2.20 bits per heavy atom. The molecule has 2 aromatic carbocycles. The molecule has 20 heavy (non-hydrogen) atoms. The Bertz CT molecular complexity index is 531. The maximum atomic E-state index is 13.0. The Morgan fingerprint density at radius 2 is 1.55 bits per heavy atom. The molecule has 0 aliphatic rings. The van der Waals surface area contributed by atoms with Crippen LogP contribution >= 0.6 is 0 Å². The molecule has 0 atom stereocenters. The molecular weight excluding hydrogens is 249 g/mol. The average molecular weight is 271 g/mol. The lowest BCUT2D eigenvalue weighted by molar-refractivity contribution is 0.620. The molecule has 0 spiro atoms. The summed E-state index contributed by atoms with van der Waals surface area (Å²) in [5.74, 6) is 0.509. The summed E-state index contributed by atoms with van der Waals surface area (Å²) < 4.78 is 13.0. The first-order valence-corrected chi connectivity index (χ1v) is 7.16. The second-order valence-electron chi connectivity index (χ2n) is 5.65. The van der Waals surface area contributed by atoms with Crippen LogP contribution in [0.3, 0.4) is 0 Å². The Labute approximate surface area is 120 Å². The fourth-order valence-electron chi connectivity index (χ4n) is 2.26. The molecule has 0 saturated heterocycles. The molecule has 2 heteroatoms. The van der Waals surface area contributed by atoms with Gasteiger partial charge in [0.1, 0.15) is 5.82 Å². The summed E-state index contributed by atoms with van der Waals surface area (Å²) in [5.41, 5.74) is 3.62. The molecule has 0 saturated carbocycles. The van der Waals surface area contributed by atoms with Crippen LogP contribution in [0.25, 0.3) is 0 Å². The summed E-state index contributed by atoms with van der Waals surface area (Å²) in [7, 11) is 0. The van der Waals surface area contributed by atoms with Gasteiger partial charge in [0.2, 0.25) is 0 Å². The number of hydrogen-bond donors (Lipinski definition) is 1. The zero-order valence-electron chi connectivity index (χ0n) is 12.2. The minimum atomic E-state index is -0.178. The van der Waals surface area contributed by atoms with Gasteiger partial charge >= 0.3 is 0 Å². The lowest BCUT2D eigenvalue weighted by atomic mass is 10.0. The first-order valence-electron chi connectivity index (χ1n) is 7.16. The van der Waals surface area contributed by atoms with Gasteiger partial charge in [-0.15, -0.1) is 0 Å². The number of benzene rings is 2. The van der Waals surface area contributed by atoms with Crippen molar-refractivity contribution in [1.82, 2.24) is 5.32 Å². The van der Waals surface area contributed by atoms with Gasteiger partial charge in [-0.25, -0.2) is 4.39 Å². The van der Waals surface area contributed by atoms with Gasteiger partial charge in [-0.3, -0.25) is 0 Å². The van der Waals surface area contributed by atoms with Crippen LogP contribution in [0.1, 0.15) is 30.5 Å². The van der Waals surface area contributed by atoms with Crippen molar-refractivity contribution in [3.05, 3.63) is 71.0 Å². The molecule has 2 aromatic rings. The smallest absolute Gasteiger partial charge is 0.123 e. The molecule has 0 radical (unpaired) electrons. The molecule has 2 rings (SSSR count). The number of nitrogens with one attached hydrogen (secondary N) is 1. The van der Waals surface area contributed by atoms with Gasteiger partial charge in [0.15, 0.2) is 0 Å². The van der Waals surface area contributed by atoms with E-state index in [1.165, 1.54) is 17.2 Å². The van der Waals surface area contributed by atoms with Crippen LogP contribution < -0.4 is 5.32 Å². The van der Waals surface area contributed by atoms with Crippen LogP contribution in [0, 0.1) is 11.7 Å². The normalized spacial score (nSPS) is 11.0. The number of hydrogen-bond acceptors (Lipinski definition) is 1. The van der Waals surface area contributed by atoms with E-state index in [4.69, 9.17) is 0 Å². The Balaban J connectivity index is 1.82. The van der Waals surface area contributed by atoms with Crippen molar-refractivity contribution in [1.29, 1.82) is 0 Å². The lowest BCUT2D eigenvalue weighted by Gasteiger charge is -2.08. The zero-order chi connectivity index (χ0) is 14.4. The molecule has 0 amide bonds. The molecule has 0 aliphatic carbocycles. The van der Waals surface area contributed by atoms with E-state index < -0.39 is 0 Å². The van der Waals surface area contributed by atoms with Crippen molar-refractivity contribution in [2.75, 3.05) is 0 Å². The minimum Gasteiger partial charge on any atom is -0.309 e. The molecule has 1 N–H and O–H groups in total. The Hall–Kier alpha value is -1.67. The monoisotopic (exact) mass is 271 g/mol. The van der Waals surface area contributed by atoms with E-state index in [-0.39, 0.29) is 5.82 Å². The van der Waals surface area contributed by atoms with Gasteiger partial charge in [-0.2, -0.15) is 0 Å². The first-order chi connectivity index (χ1) is 9.63. The largest absolute Gasteiger partial charge is 0.309 e. The lowest BCUT2D eigenvalue weighted by Crippen LogP contribution is -2.12. The number of halogens is 1.